The zero-order valence-corrected chi connectivity index (χ0v) is 16.1. The van der Waals surface area contributed by atoms with Gasteiger partial charge in [-0.1, -0.05) is 45.4 Å². The molecule has 10 radical (unpaired) electrons. The van der Waals surface area contributed by atoms with Crippen molar-refractivity contribution in [3.05, 3.63) is 82.8 Å². The summed E-state index contributed by atoms with van der Waals surface area (Å²) >= 11 is 0. The van der Waals surface area contributed by atoms with E-state index in [1.807, 2.05) is 64.2 Å². The molecular formula is C22H30Ti. The van der Waals surface area contributed by atoms with E-state index >= 15 is 0 Å². The van der Waals surface area contributed by atoms with Crippen LogP contribution < -0.4 is 0 Å². The van der Waals surface area contributed by atoms with E-state index in [-0.39, 0.29) is 21.7 Å². The molecule has 3 fully saturated rings. The fourth-order valence-electron chi connectivity index (χ4n) is 2.42. The first-order valence-corrected chi connectivity index (χ1v) is 8.60. The van der Waals surface area contributed by atoms with Gasteiger partial charge in [0, 0.05) is 0 Å². The molecule has 3 rings (SSSR count). The van der Waals surface area contributed by atoms with Crippen LogP contribution in [0.3, 0.4) is 0 Å². The van der Waals surface area contributed by atoms with Crippen molar-refractivity contribution >= 4 is 0 Å². The van der Waals surface area contributed by atoms with Crippen LogP contribution >= 0.6 is 0 Å². The Bertz CT molecular complexity index is 236. The van der Waals surface area contributed by atoms with Gasteiger partial charge in [0.15, 0.2) is 0 Å². The number of rotatable bonds is 2. The average molecular weight is 342 g/mol. The first-order chi connectivity index (χ1) is 10.8. The molecule has 0 N–H and O–H groups in total. The second-order valence-electron chi connectivity index (χ2n) is 5.67. The minimum absolute atomic E-state index is 0. The Morgan fingerprint density at radius 2 is 1.35 bits per heavy atom. The maximum absolute atomic E-state index is 4.19. The molecule has 0 spiro atoms. The topological polar surface area (TPSA) is 0 Å². The molecule has 1 unspecified atom stereocenters. The van der Waals surface area contributed by atoms with Gasteiger partial charge in [0.25, 0.3) is 0 Å². The third-order valence-corrected chi connectivity index (χ3v) is 3.70. The average Bonchev–Trinajstić information content (AvgIpc) is 3.25. The van der Waals surface area contributed by atoms with Gasteiger partial charge in [-0.05, 0) is 64.2 Å². The van der Waals surface area contributed by atoms with Gasteiger partial charge in [0.1, 0.15) is 0 Å². The largest absolute Gasteiger partial charge is 2.00 e. The molecule has 0 bridgehead atoms. The minimum Gasteiger partial charge on any atom is -0.499 e. The number of unbranched alkanes of at least 4 members (excludes halogenated alkanes) is 1. The van der Waals surface area contributed by atoms with Crippen LogP contribution in [-0.4, -0.2) is 0 Å². The molecule has 3 saturated carbocycles. The summed E-state index contributed by atoms with van der Waals surface area (Å²) in [7, 11) is 0. The van der Waals surface area contributed by atoms with Crippen LogP contribution in [0.25, 0.3) is 0 Å². The van der Waals surface area contributed by atoms with Crippen molar-refractivity contribution in [3.63, 3.8) is 0 Å². The van der Waals surface area contributed by atoms with E-state index in [1.165, 1.54) is 44.1 Å². The molecule has 0 aliphatic heterocycles. The Kier molecular flexibility index (Phi) is 17.6. The van der Waals surface area contributed by atoms with Gasteiger partial charge >= 0.3 is 21.7 Å². The monoisotopic (exact) mass is 342 g/mol. The molecule has 0 nitrogen and oxygen atoms in total. The van der Waals surface area contributed by atoms with Crippen molar-refractivity contribution in [2.24, 2.45) is 5.92 Å². The summed E-state index contributed by atoms with van der Waals surface area (Å²) in [6, 6.07) is 0. The summed E-state index contributed by atoms with van der Waals surface area (Å²) in [5.74, 6) is 0.569. The molecule has 0 aromatic carbocycles. The molecule has 1 heteroatoms. The number of allylic oxidation sites excluding steroid dienone is 2. The van der Waals surface area contributed by atoms with Crippen molar-refractivity contribution in [3.8, 4) is 0 Å². The van der Waals surface area contributed by atoms with E-state index in [9.17, 15) is 0 Å². The zero-order chi connectivity index (χ0) is 15.9. The van der Waals surface area contributed by atoms with E-state index in [2.05, 4.69) is 19.9 Å². The molecule has 3 aliphatic rings. The van der Waals surface area contributed by atoms with Crippen LogP contribution in [0.1, 0.15) is 51.9 Å². The molecule has 0 aromatic heterocycles. The van der Waals surface area contributed by atoms with Crippen molar-refractivity contribution in [2.45, 2.75) is 51.9 Å². The molecule has 0 amide bonds. The van der Waals surface area contributed by atoms with Crippen molar-refractivity contribution in [2.75, 3.05) is 0 Å². The fourth-order valence-corrected chi connectivity index (χ4v) is 2.42. The maximum atomic E-state index is 4.19. The summed E-state index contributed by atoms with van der Waals surface area (Å²) in [5.41, 5.74) is 1.51. The van der Waals surface area contributed by atoms with Gasteiger partial charge in [-0.2, -0.15) is 12.3 Å². The molecule has 0 saturated heterocycles. The Labute approximate surface area is 162 Å². The Balaban J connectivity index is 0.000000362. The molecular weight excluding hydrogens is 312 g/mol. The van der Waals surface area contributed by atoms with Crippen LogP contribution in [-0.2, 0) is 21.7 Å². The van der Waals surface area contributed by atoms with Gasteiger partial charge in [-0.15, -0.1) is 0 Å². The van der Waals surface area contributed by atoms with Crippen LogP contribution in [0.2, 0.25) is 0 Å². The predicted octanol–water partition coefficient (Wildman–Crippen LogP) is 5.97. The summed E-state index contributed by atoms with van der Waals surface area (Å²) < 4.78 is 0. The normalized spacial score (nSPS) is 25.5. The zero-order valence-electron chi connectivity index (χ0n) is 14.5. The second kappa shape index (κ2) is 17.3. The number of hydrogen-bond acceptors (Lipinski definition) is 0. The number of hydrogen-bond donors (Lipinski definition) is 0. The molecule has 0 aromatic rings. The SMILES string of the molecule is [CH2-]C1CCCCCC1=[C-]CCC.[CH]1[CH][CH][CH][CH]1.[CH]1[CH][CH][CH][CH]1.[Ti+2]. The molecule has 122 valence electrons. The van der Waals surface area contributed by atoms with Gasteiger partial charge in [0.2, 0.25) is 0 Å². The fraction of sp³-hybridized carbons (Fsp3) is 0.409. The summed E-state index contributed by atoms with van der Waals surface area (Å²) in [4.78, 5) is 0. The molecule has 0 heterocycles. The first kappa shape index (κ1) is 23.5. The van der Waals surface area contributed by atoms with E-state index < -0.39 is 0 Å². The Morgan fingerprint density at radius 1 is 0.870 bits per heavy atom. The standard InChI is InChI=1S/C12H20.2C5H5.Ti/c1-3-4-9-12-10-7-5-6-8-11(12)2;2*1-2-4-5-3-1;/h11H,2-8,10H2,1H3;2*1-5H;/q-2;;;+2. The first-order valence-electron chi connectivity index (χ1n) is 8.60. The minimum atomic E-state index is 0. The Hall–Kier alpha value is 0.454. The molecule has 3 aliphatic carbocycles. The van der Waals surface area contributed by atoms with Crippen molar-refractivity contribution < 1.29 is 21.7 Å². The maximum Gasteiger partial charge on any atom is 2.00 e. The van der Waals surface area contributed by atoms with Crippen LogP contribution in [0, 0.1) is 83.1 Å². The van der Waals surface area contributed by atoms with E-state index in [1.54, 1.807) is 0 Å². The third kappa shape index (κ3) is 13.4. The van der Waals surface area contributed by atoms with Crippen LogP contribution in [0.15, 0.2) is 5.57 Å². The van der Waals surface area contributed by atoms with Crippen molar-refractivity contribution in [1.82, 2.24) is 0 Å². The third-order valence-electron chi connectivity index (χ3n) is 3.70. The summed E-state index contributed by atoms with van der Waals surface area (Å²) in [5, 5.41) is 0. The summed E-state index contributed by atoms with van der Waals surface area (Å²) in [6.45, 7) is 6.40. The van der Waals surface area contributed by atoms with Gasteiger partial charge < -0.3 is 13.0 Å². The van der Waals surface area contributed by atoms with E-state index in [0.29, 0.717) is 5.92 Å². The Morgan fingerprint density at radius 3 is 1.78 bits per heavy atom. The van der Waals surface area contributed by atoms with Gasteiger partial charge in [-0.3, -0.25) is 5.57 Å². The van der Waals surface area contributed by atoms with E-state index in [0.717, 1.165) is 6.42 Å². The van der Waals surface area contributed by atoms with Crippen molar-refractivity contribution in [1.29, 1.82) is 0 Å². The molecule has 1 atom stereocenters. The van der Waals surface area contributed by atoms with Gasteiger partial charge in [0.05, 0.1) is 0 Å². The predicted molar refractivity (Wildman–Crippen MR) is 96.6 cm³/mol. The smallest absolute Gasteiger partial charge is 0.499 e. The molecule has 23 heavy (non-hydrogen) atoms. The quantitative estimate of drug-likeness (QED) is 0.329. The van der Waals surface area contributed by atoms with Crippen LogP contribution in [0.5, 0.6) is 0 Å². The second-order valence-corrected chi connectivity index (χ2v) is 5.67. The summed E-state index contributed by atoms with van der Waals surface area (Å²) in [6.07, 6.45) is 32.5. The van der Waals surface area contributed by atoms with Gasteiger partial charge in [-0.25, -0.2) is 0 Å². The van der Waals surface area contributed by atoms with Crippen LogP contribution in [0.4, 0.5) is 0 Å². The van der Waals surface area contributed by atoms with E-state index in [4.69, 9.17) is 0 Å².